The summed E-state index contributed by atoms with van der Waals surface area (Å²) in [6.45, 7) is 0.115. The number of thiazole rings is 1. The Balaban J connectivity index is 1.56. The van der Waals surface area contributed by atoms with Gasteiger partial charge in [0.05, 0.1) is 12.7 Å². The number of pyridine rings is 1. The first-order valence-corrected chi connectivity index (χ1v) is 10.8. The van der Waals surface area contributed by atoms with E-state index in [2.05, 4.69) is 20.6 Å². The SMILES string of the molecule is O=C(NC(CC1CCCCC1)C(=O)O)c1cnc(CNc2ccnc(C(F)(F)F)c2)s1. The molecule has 11 heteroatoms. The lowest BCUT2D eigenvalue weighted by molar-refractivity contribution is -0.141. The number of nitrogens with one attached hydrogen (secondary N) is 2. The van der Waals surface area contributed by atoms with E-state index in [0.29, 0.717) is 17.3 Å². The van der Waals surface area contributed by atoms with Crippen molar-refractivity contribution in [3.63, 3.8) is 0 Å². The van der Waals surface area contributed by atoms with E-state index in [1.165, 1.54) is 12.3 Å². The Morgan fingerprint density at radius 1 is 1.23 bits per heavy atom. The first-order valence-electron chi connectivity index (χ1n) is 9.98. The third-order valence-electron chi connectivity index (χ3n) is 5.17. The quantitative estimate of drug-likeness (QED) is 0.547. The molecule has 0 saturated heterocycles. The van der Waals surface area contributed by atoms with Gasteiger partial charge in [0.25, 0.3) is 5.91 Å². The second-order valence-corrected chi connectivity index (χ2v) is 8.62. The molecule has 0 radical (unpaired) electrons. The number of carboxylic acid groups (broad SMARTS) is 1. The first-order chi connectivity index (χ1) is 14.7. The minimum absolute atomic E-state index is 0.115. The van der Waals surface area contributed by atoms with Crippen LogP contribution in [0.1, 0.15) is 58.9 Å². The van der Waals surface area contributed by atoms with E-state index in [1.807, 2.05) is 0 Å². The van der Waals surface area contributed by atoms with Crippen LogP contribution in [0.3, 0.4) is 0 Å². The van der Waals surface area contributed by atoms with Gasteiger partial charge >= 0.3 is 12.1 Å². The summed E-state index contributed by atoms with van der Waals surface area (Å²) in [6.07, 6.45) is 3.53. The number of alkyl halides is 3. The zero-order valence-corrected chi connectivity index (χ0v) is 17.4. The van der Waals surface area contributed by atoms with Gasteiger partial charge in [-0.3, -0.25) is 9.78 Å². The summed E-state index contributed by atoms with van der Waals surface area (Å²) in [5.74, 6) is -1.29. The fraction of sp³-hybridized carbons (Fsp3) is 0.500. The van der Waals surface area contributed by atoms with E-state index < -0.39 is 29.8 Å². The van der Waals surface area contributed by atoms with E-state index in [1.54, 1.807) is 0 Å². The van der Waals surface area contributed by atoms with Gasteiger partial charge in [-0.05, 0) is 24.5 Å². The number of aliphatic carboxylic acids is 1. The summed E-state index contributed by atoms with van der Waals surface area (Å²) in [7, 11) is 0. The Hall–Kier alpha value is -2.69. The highest BCUT2D eigenvalue weighted by Gasteiger charge is 2.32. The molecule has 0 bridgehead atoms. The summed E-state index contributed by atoms with van der Waals surface area (Å²) in [5.41, 5.74) is -0.781. The summed E-state index contributed by atoms with van der Waals surface area (Å²) < 4.78 is 38.2. The lowest BCUT2D eigenvalue weighted by atomic mass is 9.85. The summed E-state index contributed by atoms with van der Waals surface area (Å²) in [4.78, 5) is 31.7. The summed E-state index contributed by atoms with van der Waals surface area (Å²) in [6, 6.07) is 1.33. The Bertz CT molecular complexity index is 913. The van der Waals surface area contributed by atoms with Crippen LogP contribution in [-0.4, -0.2) is 33.0 Å². The molecule has 1 amide bonds. The van der Waals surface area contributed by atoms with Crippen LogP contribution in [0, 0.1) is 5.92 Å². The Kier molecular flexibility index (Phi) is 7.47. The van der Waals surface area contributed by atoms with Crippen molar-refractivity contribution in [2.75, 3.05) is 5.32 Å². The fourth-order valence-corrected chi connectivity index (χ4v) is 4.34. The second kappa shape index (κ2) is 10.1. The Morgan fingerprint density at radius 3 is 2.65 bits per heavy atom. The number of carbonyl (C=O) groups is 2. The van der Waals surface area contributed by atoms with Crippen LogP contribution < -0.4 is 10.6 Å². The predicted molar refractivity (Wildman–Crippen MR) is 109 cm³/mol. The maximum atomic E-state index is 12.7. The number of nitrogens with zero attached hydrogens (tertiary/aromatic N) is 2. The Morgan fingerprint density at radius 2 is 1.97 bits per heavy atom. The molecule has 31 heavy (non-hydrogen) atoms. The Labute approximate surface area is 181 Å². The topological polar surface area (TPSA) is 104 Å². The number of amides is 1. The molecule has 0 aliphatic heterocycles. The molecule has 1 atom stereocenters. The molecule has 2 aromatic rings. The molecule has 1 fully saturated rings. The molecule has 1 unspecified atom stereocenters. The minimum atomic E-state index is -4.54. The van der Waals surface area contributed by atoms with Gasteiger partial charge < -0.3 is 15.7 Å². The van der Waals surface area contributed by atoms with Crippen LogP contribution in [0.4, 0.5) is 18.9 Å². The van der Waals surface area contributed by atoms with E-state index in [4.69, 9.17) is 0 Å². The maximum Gasteiger partial charge on any atom is 0.433 e. The molecular weight excluding hydrogens is 433 g/mol. The normalized spacial score (nSPS) is 16.0. The van der Waals surface area contributed by atoms with Crippen molar-refractivity contribution in [2.24, 2.45) is 5.92 Å². The van der Waals surface area contributed by atoms with Crippen LogP contribution in [0.15, 0.2) is 24.5 Å². The number of rotatable bonds is 8. The number of hydrogen-bond acceptors (Lipinski definition) is 6. The fourth-order valence-electron chi connectivity index (χ4n) is 3.58. The van der Waals surface area contributed by atoms with Crippen LogP contribution in [0.5, 0.6) is 0 Å². The highest BCUT2D eigenvalue weighted by molar-refractivity contribution is 7.13. The van der Waals surface area contributed by atoms with Gasteiger partial charge in [-0.1, -0.05) is 32.1 Å². The van der Waals surface area contributed by atoms with Crippen LogP contribution >= 0.6 is 11.3 Å². The molecule has 0 spiro atoms. The molecule has 1 aliphatic rings. The van der Waals surface area contributed by atoms with Crippen LogP contribution in [0.2, 0.25) is 0 Å². The molecule has 0 aromatic carbocycles. The van der Waals surface area contributed by atoms with E-state index in [9.17, 15) is 27.9 Å². The zero-order chi connectivity index (χ0) is 22.4. The number of hydrogen-bond donors (Lipinski definition) is 3. The molecule has 3 N–H and O–H groups in total. The lowest BCUT2D eigenvalue weighted by Crippen LogP contribution is -2.42. The molecular formula is C20H23F3N4O3S. The smallest absolute Gasteiger partial charge is 0.433 e. The summed E-state index contributed by atoms with van der Waals surface area (Å²) >= 11 is 1.05. The third-order valence-corrected chi connectivity index (χ3v) is 6.16. The maximum absolute atomic E-state index is 12.7. The minimum Gasteiger partial charge on any atom is -0.480 e. The molecule has 3 rings (SSSR count). The van der Waals surface area contributed by atoms with Crippen LogP contribution in [0.25, 0.3) is 0 Å². The van der Waals surface area contributed by atoms with E-state index in [0.717, 1.165) is 55.7 Å². The number of halogens is 3. The highest BCUT2D eigenvalue weighted by Crippen LogP contribution is 2.29. The van der Waals surface area contributed by atoms with Gasteiger partial charge in [0.15, 0.2) is 0 Å². The second-order valence-electron chi connectivity index (χ2n) is 7.50. The number of carboxylic acids is 1. The van der Waals surface area contributed by atoms with Gasteiger partial charge in [0, 0.05) is 11.9 Å². The first kappa shape index (κ1) is 23.0. The van der Waals surface area contributed by atoms with Gasteiger partial charge in [0.1, 0.15) is 21.6 Å². The predicted octanol–water partition coefficient (Wildman–Crippen LogP) is 4.32. The molecule has 168 valence electrons. The monoisotopic (exact) mass is 456 g/mol. The molecule has 7 nitrogen and oxygen atoms in total. The molecule has 2 heterocycles. The number of carbonyl (C=O) groups excluding carboxylic acids is 1. The largest absolute Gasteiger partial charge is 0.480 e. The van der Waals surface area contributed by atoms with Crippen molar-refractivity contribution in [3.8, 4) is 0 Å². The van der Waals surface area contributed by atoms with Gasteiger partial charge in [0.2, 0.25) is 0 Å². The van der Waals surface area contributed by atoms with Gasteiger partial charge in [-0.15, -0.1) is 11.3 Å². The number of anilines is 1. The average Bonchev–Trinajstić information content (AvgIpc) is 3.21. The van der Waals surface area contributed by atoms with Crippen molar-refractivity contribution >= 4 is 28.9 Å². The lowest BCUT2D eigenvalue weighted by Gasteiger charge is -2.24. The van der Waals surface area contributed by atoms with Crippen LogP contribution in [-0.2, 0) is 17.5 Å². The van der Waals surface area contributed by atoms with Crippen molar-refractivity contribution in [3.05, 3.63) is 40.1 Å². The molecule has 2 aromatic heterocycles. The van der Waals surface area contributed by atoms with Gasteiger partial charge in [-0.2, -0.15) is 13.2 Å². The van der Waals surface area contributed by atoms with Crippen molar-refractivity contribution in [2.45, 2.75) is 57.3 Å². The number of aromatic nitrogens is 2. The zero-order valence-electron chi connectivity index (χ0n) is 16.6. The van der Waals surface area contributed by atoms with Gasteiger partial charge in [-0.25, -0.2) is 9.78 Å². The molecule has 1 aliphatic carbocycles. The third kappa shape index (κ3) is 6.65. The van der Waals surface area contributed by atoms with E-state index >= 15 is 0 Å². The highest BCUT2D eigenvalue weighted by atomic mass is 32.1. The average molecular weight is 456 g/mol. The standard InChI is InChI=1S/C20H23F3N4O3S/c21-20(22,23)16-9-13(6-7-24-16)25-11-17-26-10-15(31-17)18(28)27-14(19(29)30)8-12-4-2-1-3-5-12/h6-7,9-10,12,14H,1-5,8,11H2,(H,24,25)(H,27,28)(H,29,30). The van der Waals surface area contributed by atoms with Crippen molar-refractivity contribution < 1.29 is 27.9 Å². The van der Waals surface area contributed by atoms with E-state index in [-0.39, 0.29) is 17.1 Å². The molecule has 1 saturated carbocycles. The van der Waals surface area contributed by atoms with Crippen molar-refractivity contribution in [1.82, 2.24) is 15.3 Å². The summed E-state index contributed by atoms with van der Waals surface area (Å²) in [5, 5.41) is 15.3. The van der Waals surface area contributed by atoms with Crippen molar-refractivity contribution in [1.29, 1.82) is 0 Å².